The predicted octanol–water partition coefficient (Wildman–Crippen LogP) is 1.72. The highest BCUT2D eigenvalue weighted by molar-refractivity contribution is 5.85. The van der Waals surface area contributed by atoms with Crippen LogP contribution in [0.4, 0.5) is 4.79 Å². The van der Waals surface area contributed by atoms with E-state index in [4.69, 9.17) is 9.84 Å². The molecule has 0 saturated heterocycles. The Morgan fingerprint density at radius 3 is 2.32 bits per heavy atom. The number of aliphatic carboxylic acids is 1. The second-order valence-corrected chi connectivity index (χ2v) is 5.82. The molecule has 6 heteroatoms. The Bertz CT molecular complexity index is 368. The van der Waals surface area contributed by atoms with Gasteiger partial charge in [-0.05, 0) is 40.0 Å². The van der Waals surface area contributed by atoms with Crippen LogP contribution in [0.2, 0.25) is 0 Å². The van der Waals surface area contributed by atoms with Crippen molar-refractivity contribution < 1.29 is 24.2 Å². The maximum atomic E-state index is 11.5. The summed E-state index contributed by atoms with van der Waals surface area (Å²) < 4.78 is 4.99. The van der Waals surface area contributed by atoms with Crippen LogP contribution in [0.1, 0.15) is 46.5 Å². The second kappa shape index (κ2) is 6.04. The van der Waals surface area contributed by atoms with E-state index in [1.54, 1.807) is 20.8 Å². The van der Waals surface area contributed by atoms with Crippen LogP contribution in [0.5, 0.6) is 0 Å². The molecule has 0 heterocycles. The summed E-state index contributed by atoms with van der Waals surface area (Å²) >= 11 is 0. The molecular weight excluding hydrogens is 250 g/mol. The monoisotopic (exact) mass is 271 g/mol. The summed E-state index contributed by atoms with van der Waals surface area (Å²) in [7, 11) is 0. The van der Waals surface area contributed by atoms with Gasteiger partial charge in [0.2, 0.25) is 0 Å². The van der Waals surface area contributed by atoms with Gasteiger partial charge >= 0.3 is 12.1 Å². The number of amides is 1. The first-order valence-corrected chi connectivity index (χ1v) is 6.44. The number of alkyl carbamates (subject to hydrolysis) is 1. The van der Waals surface area contributed by atoms with Crippen LogP contribution in [0, 0.1) is 5.92 Å². The average Bonchev–Trinajstić information content (AvgIpc) is 3.03. The van der Waals surface area contributed by atoms with Crippen molar-refractivity contribution in [1.29, 1.82) is 0 Å². The van der Waals surface area contributed by atoms with Crippen molar-refractivity contribution in [2.45, 2.75) is 58.1 Å². The predicted molar refractivity (Wildman–Crippen MR) is 67.8 cm³/mol. The number of hydrogen-bond acceptors (Lipinski definition) is 4. The van der Waals surface area contributed by atoms with Crippen molar-refractivity contribution in [1.82, 2.24) is 5.32 Å². The van der Waals surface area contributed by atoms with Crippen molar-refractivity contribution in [3.63, 3.8) is 0 Å². The van der Waals surface area contributed by atoms with Gasteiger partial charge in [-0.25, -0.2) is 9.59 Å². The van der Waals surface area contributed by atoms with E-state index in [1.807, 2.05) is 0 Å². The number of rotatable bonds is 6. The minimum absolute atomic E-state index is 0.0808. The normalized spacial score (nSPS) is 16.6. The summed E-state index contributed by atoms with van der Waals surface area (Å²) in [5, 5.41) is 11.3. The Morgan fingerprint density at radius 1 is 1.32 bits per heavy atom. The molecule has 6 nitrogen and oxygen atoms in total. The summed E-state index contributed by atoms with van der Waals surface area (Å²) in [5.74, 6) is -0.970. The van der Waals surface area contributed by atoms with Crippen LogP contribution in [-0.4, -0.2) is 34.6 Å². The maximum absolute atomic E-state index is 11.5. The van der Waals surface area contributed by atoms with Gasteiger partial charge in [-0.1, -0.05) is 0 Å². The van der Waals surface area contributed by atoms with E-state index < -0.39 is 23.7 Å². The van der Waals surface area contributed by atoms with Crippen LogP contribution < -0.4 is 5.32 Å². The Balaban J connectivity index is 2.41. The largest absolute Gasteiger partial charge is 0.480 e. The third kappa shape index (κ3) is 6.22. The van der Waals surface area contributed by atoms with E-state index in [9.17, 15) is 14.4 Å². The summed E-state index contributed by atoms with van der Waals surface area (Å²) in [5.41, 5.74) is -0.684. The van der Waals surface area contributed by atoms with Crippen molar-refractivity contribution in [2.24, 2.45) is 5.92 Å². The zero-order valence-electron chi connectivity index (χ0n) is 11.6. The number of carboxylic acid groups (broad SMARTS) is 1. The van der Waals surface area contributed by atoms with Gasteiger partial charge < -0.3 is 15.2 Å². The number of carbonyl (C=O) groups excluding carboxylic acids is 2. The Labute approximate surface area is 112 Å². The molecule has 0 radical (unpaired) electrons. The van der Waals surface area contributed by atoms with Gasteiger partial charge in [0.25, 0.3) is 0 Å². The molecule has 1 aliphatic carbocycles. The van der Waals surface area contributed by atoms with E-state index in [2.05, 4.69) is 5.32 Å². The highest BCUT2D eigenvalue weighted by atomic mass is 16.6. The summed E-state index contributed by atoms with van der Waals surface area (Å²) in [6.07, 6.45) is 1.30. The molecular formula is C13H21NO5. The maximum Gasteiger partial charge on any atom is 0.408 e. The molecule has 0 aromatic heterocycles. The van der Waals surface area contributed by atoms with Crippen molar-refractivity contribution in [3.8, 4) is 0 Å². The number of nitrogens with one attached hydrogen (secondary N) is 1. The molecule has 1 fully saturated rings. The first kappa shape index (κ1) is 15.5. The number of ether oxygens (including phenoxy) is 1. The number of Topliss-reactive ketones (excluding diaryl/α,β-unsaturated/α-hetero) is 1. The minimum Gasteiger partial charge on any atom is -0.480 e. The highest BCUT2D eigenvalue weighted by Crippen LogP contribution is 2.31. The van der Waals surface area contributed by atoms with Crippen LogP contribution in [0.3, 0.4) is 0 Å². The molecule has 1 atom stereocenters. The number of carbonyl (C=O) groups is 3. The zero-order valence-corrected chi connectivity index (χ0v) is 11.6. The molecule has 0 bridgehead atoms. The molecule has 1 rings (SSSR count). The van der Waals surface area contributed by atoms with E-state index in [0.29, 0.717) is 0 Å². The lowest BCUT2D eigenvalue weighted by atomic mass is 10.1. The Hall–Kier alpha value is -1.59. The molecule has 1 saturated carbocycles. The second-order valence-electron chi connectivity index (χ2n) is 5.82. The van der Waals surface area contributed by atoms with Crippen molar-refractivity contribution >= 4 is 17.8 Å². The van der Waals surface area contributed by atoms with E-state index >= 15 is 0 Å². The van der Waals surface area contributed by atoms with Crippen molar-refractivity contribution in [2.75, 3.05) is 0 Å². The fourth-order valence-corrected chi connectivity index (χ4v) is 1.60. The van der Waals surface area contributed by atoms with Gasteiger partial charge in [-0.3, -0.25) is 4.79 Å². The van der Waals surface area contributed by atoms with Crippen LogP contribution in [0.15, 0.2) is 0 Å². The number of hydrogen-bond donors (Lipinski definition) is 2. The van der Waals surface area contributed by atoms with E-state index in [-0.39, 0.29) is 24.5 Å². The Kier molecular flexibility index (Phi) is 4.91. The molecule has 19 heavy (non-hydrogen) atoms. The molecule has 108 valence electrons. The molecule has 0 aromatic rings. The quantitative estimate of drug-likeness (QED) is 0.767. The standard InChI is InChI=1S/C13H21NO5/c1-13(2,3)19-12(18)14-9(11(16)17)6-7-10(15)8-4-5-8/h8-9H,4-7H2,1-3H3,(H,14,18)(H,16,17)/t9-/m0/s1. The van der Waals surface area contributed by atoms with Crippen LogP contribution in [-0.2, 0) is 14.3 Å². The van der Waals surface area contributed by atoms with E-state index in [1.165, 1.54) is 0 Å². The molecule has 0 aliphatic heterocycles. The van der Waals surface area contributed by atoms with Gasteiger partial charge in [0, 0.05) is 12.3 Å². The molecule has 1 amide bonds. The third-order valence-corrected chi connectivity index (χ3v) is 2.70. The summed E-state index contributed by atoms with van der Waals surface area (Å²) in [6.45, 7) is 5.08. The lowest BCUT2D eigenvalue weighted by molar-refractivity contribution is -0.139. The molecule has 1 aliphatic rings. The lowest BCUT2D eigenvalue weighted by Crippen LogP contribution is -2.43. The molecule has 0 spiro atoms. The van der Waals surface area contributed by atoms with E-state index in [0.717, 1.165) is 12.8 Å². The van der Waals surface area contributed by atoms with Gasteiger partial charge in [0.15, 0.2) is 0 Å². The minimum atomic E-state index is -1.16. The fourth-order valence-electron chi connectivity index (χ4n) is 1.60. The topological polar surface area (TPSA) is 92.7 Å². The SMILES string of the molecule is CC(C)(C)OC(=O)N[C@@H](CCC(=O)C1CC1)C(=O)O. The molecule has 0 unspecified atom stereocenters. The highest BCUT2D eigenvalue weighted by Gasteiger charge is 2.31. The fraction of sp³-hybridized carbons (Fsp3) is 0.769. The average molecular weight is 271 g/mol. The number of ketones is 1. The van der Waals surface area contributed by atoms with Gasteiger partial charge in [-0.2, -0.15) is 0 Å². The molecule has 0 aromatic carbocycles. The molecule has 2 N–H and O–H groups in total. The van der Waals surface area contributed by atoms with Crippen molar-refractivity contribution in [3.05, 3.63) is 0 Å². The first-order valence-electron chi connectivity index (χ1n) is 6.44. The summed E-state index contributed by atoms with van der Waals surface area (Å²) in [4.78, 5) is 34.0. The first-order chi connectivity index (χ1) is 8.69. The summed E-state index contributed by atoms with van der Waals surface area (Å²) in [6, 6.07) is -1.09. The van der Waals surface area contributed by atoms with Gasteiger partial charge in [-0.15, -0.1) is 0 Å². The number of carboxylic acids is 1. The van der Waals surface area contributed by atoms with Crippen LogP contribution >= 0.6 is 0 Å². The third-order valence-electron chi connectivity index (χ3n) is 2.70. The Morgan fingerprint density at radius 2 is 1.89 bits per heavy atom. The smallest absolute Gasteiger partial charge is 0.408 e. The lowest BCUT2D eigenvalue weighted by Gasteiger charge is -2.21. The van der Waals surface area contributed by atoms with Gasteiger partial charge in [0.05, 0.1) is 0 Å². The van der Waals surface area contributed by atoms with Gasteiger partial charge in [0.1, 0.15) is 17.4 Å². The zero-order chi connectivity index (χ0) is 14.6. The van der Waals surface area contributed by atoms with Crippen LogP contribution in [0.25, 0.3) is 0 Å².